The summed E-state index contributed by atoms with van der Waals surface area (Å²) in [6.07, 6.45) is 1.72. The first-order valence-corrected chi connectivity index (χ1v) is 4.64. The lowest BCUT2D eigenvalue weighted by molar-refractivity contribution is -0.138. The minimum Gasteiger partial charge on any atom is -0.463 e. The van der Waals surface area contributed by atoms with E-state index in [0.717, 1.165) is 12.8 Å². The fraction of sp³-hybridized carbons (Fsp3) is 0.625. The summed E-state index contributed by atoms with van der Waals surface area (Å²) in [5.41, 5.74) is 0.703. The van der Waals surface area contributed by atoms with Crippen molar-refractivity contribution in [2.24, 2.45) is 0 Å². The molecule has 0 heterocycles. The molecule has 0 N–H and O–H groups in total. The Morgan fingerprint density at radius 1 is 1.55 bits per heavy atom. The largest absolute Gasteiger partial charge is 0.463 e. The first kappa shape index (κ1) is 10.7. The van der Waals surface area contributed by atoms with Gasteiger partial charge in [-0.3, -0.25) is 0 Å². The van der Waals surface area contributed by atoms with Crippen LogP contribution < -0.4 is 0 Å². The summed E-state index contributed by atoms with van der Waals surface area (Å²) in [6, 6.07) is 0. The van der Waals surface area contributed by atoms with Crippen molar-refractivity contribution in [3.63, 3.8) is 0 Å². The SMILES string of the molecule is CCC/C(=C\Br)C(=O)OCC. The zero-order chi connectivity index (χ0) is 8.69. The second-order valence-corrected chi connectivity index (χ2v) is 2.56. The lowest BCUT2D eigenvalue weighted by Gasteiger charge is -2.02. The van der Waals surface area contributed by atoms with E-state index < -0.39 is 0 Å². The van der Waals surface area contributed by atoms with Crippen LogP contribution in [0.3, 0.4) is 0 Å². The number of hydrogen-bond acceptors (Lipinski definition) is 2. The van der Waals surface area contributed by atoms with Crippen molar-refractivity contribution in [1.82, 2.24) is 0 Å². The lowest BCUT2D eigenvalue weighted by atomic mass is 10.2. The minimum absolute atomic E-state index is 0.216. The van der Waals surface area contributed by atoms with Crippen LogP contribution in [0.4, 0.5) is 0 Å². The van der Waals surface area contributed by atoms with Crippen molar-refractivity contribution in [2.45, 2.75) is 26.7 Å². The molecule has 0 radical (unpaired) electrons. The molecule has 64 valence electrons. The fourth-order valence-electron chi connectivity index (χ4n) is 0.694. The lowest BCUT2D eigenvalue weighted by Crippen LogP contribution is -2.06. The van der Waals surface area contributed by atoms with Gasteiger partial charge in [-0.15, -0.1) is 0 Å². The molecule has 0 aliphatic rings. The van der Waals surface area contributed by atoms with E-state index in [9.17, 15) is 4.79 Å². The number of ether oxygens (including phenoxy) is 1. The second kappa shape index (κ2) is 6.40. The molecule has 3 heteroatoms. The molecule has 0 spiro atoms. The third-order valence-electron chi connectivity index (χ3n) is 1.19. The first-order chi connectivity index (χ1) is 5.26. The number of rotatable bonds is 4. The molecule has 0 aromatic rings. The Morgan fingerprint density at radius 3 is 2.55 bits per heavy atom. The highest BCUT2D eigenvalue weighted by atomic mass is 79.9. The fourth-order valence-corrected chi connectivity index (χ4v) is 1.11. The highest BCUT2D eigenvalue weighted by Crippen LogP contribution is 2.09. The molecule has 0 fully saturated rings. The molecule has 0 atom stereocenters. The van der Waals surface area contributed by atoms with Crippen molar-refractivity contribution in [2.75, 3.05) is 6.61 Å². The molecule has 0 aromatic carbocycles. The molecule has 0 aliphatic carbocycles. The number of carbonyl (C=O) groups excluding carboxylic acids is 1. The smallest absolute Gasteiger partial charge is 0.334 e. The molecule has 0 saturated carbocycles. The van der Waals surface area contributed by atoms with Crippen LogP contribution in [0.15, 0.2) is 10.6 Å². The van der Waals surface area contributed by atoms with Gasteiger partial charge < -0.3 is 4.74 Å². The Labute approximate surface area is 75.7 Å². The number of hydrogen-bond donors (Lipinski definition) is 0. The molecule has 0 rings (SSSR count). The van der Waals surface area contributed by atoms with Crippen LogP contribution in [0.5, 0.6) is 0 Å². The molecule has 0 unspecified atom stereocenters. The zero-order valence-electron chi connectivity index (χ0n) is 6.89. The quantitative estimate of drug-likeness (QED) is 0.538. The van der Waals surface area contributed by atoms with Gasteiger partial charge in [0.15, 0.2) is 0 Å². The summed E-state index contributed by atoms with van der Waals surface area (Å²) in [5, 5.41) is 0. The van der Waals surface area contributed by atoms with E-state index in [4.69, 9.17) is 4.74 Å². The van der Waals surface area contributed by atoms with Crippen LogP contribution in [0.25, 0.3) is 0 Å². The normalized spacial score (nSPS) is 11.4. The van der Waals surface area contributed by atoms with E-state index in [1.165, 1.54) is 0 Å². The second-order valence-electron chi connectivity index (χ2n) is 2.10. The summed E-state index contributed by atoms with van der Waals surface area (Å²) in [5.74, 6) is -0.216. The molecule has 0 aliphatic heterocycles. The van der Waals surface area contributed by atoms with Gasteiger partial charge in [0.25, 0.3) is 0 Å². The topological polar surface area (TPSA) is 26.3 Å². The molecular formula is C8H13BrO2. The Bertz CT molecular complexity index is 152. The van der Waals surface area contributed by atoms with Crippen molar-refractivity contribution >= 4 is 21.9 Å². The van der Waals surface area contributed by atoms with Crippen molar-refractivity contribution < 1.29 is 9.53 Å². The van der Waals surface area contributed by atoms with Crippen LogP contribution in [0, 0.1) is 0 Å². The van der Waals surface area contributed by atoms with Gasteiger partial charge in [0.05, 0.1) is 6.61 Å². The van der Waals surface area contributed by atoms with Crippen LogP contribution in [0.1, 0.15) is 26.7 Å². The summed E-state index contributed by atoms with van der Waals surface area (Å²) >= 11 is 3.12. The molecule has 2 nitrogen and oxygen atoms in total. The van der Waals surface area contributed by atoms with E-state index in [0.29, 0.717) is 12.2 Å². The molecule has 0 bridgehead atoms. The van der Waals surface area contributed by atoms with E-state index in [2.05, 4.69) is 15.9 Å². The molecule has 11 heavy (non-hydrogen) atoms. The maximum Gasteiger partial charge on any atom is 0.334 e. The Morgan fingerprint density at radius 2 is 2.18 bits per heavy atom. The number of carbonyl (C=O) groups is 1. The van der Waals surface area contributed by atoms with E-state index in [1.54, 1.807) is 11.9 Å². The van der Waals surface area contributed by atoms with Gasteiger partial charge in [-0.25, -0.2) is 4.79 Å². The van der Waals surface area contributed by atoms with E-state index in [1.807, 2.05) is 6.92 Å². The van der Waals surface area contributed by atoms with Crippen molar-refractivity contribution in [1.29, 1.82) is 0 Å². The third-order valence-corrected chi connectivity index (χ3v) is 1.74. The Kier molecular flexibility index (Phi) is 6.22. The van der Waals surface area contributed by atoms with Crippen LogP contribution in [0.2, 0.25) is 0 Å². The highest BCUT2D eigenvalue weighted by Gasteiger charge is 2.07. The predicted octanol–water partition coefficient (Wildman–Crippen LogP) is 2.63. The average Bonchev–Trinajstić information content (AvgIpc) is 2.00. The Hall–Kier alpha value is -0.310. The first-order valence-electron chi connectivity index (χ1n) is 3.72. The third kappa shape index (κ3) is 4.19. The van der Waals surface area contributed by atoms with Gasteiger partial charge in [0, 0.05) is 5.57 Å². The maximum absolute atomic E-state index is 11.0. The van der Waals surface area contributed by atoms with E-state index >= 15 is 0 Å². The summed E-state index contributed by atoms with van der Waals surface area (Å²) in [4.78, 5) is 12.7. The van der Waals surface area contributed by atoms with Gasteiger partial charge in [-0.2, -0.15) is 0 Å². The predicted molar refractivity (Wildman–Crippen MR) is 48.6 cm³/mol. The zero-order valence-corrected chi connectivity index (χ0v) is 8.48. The van der Waals surface area contributed by atoms with Gasteiger partial charge in [-0.1, -0.05) is 29.3 Å². The van der Waals surface area contributed by atoms with Crippen LogP contribution >= 0.6 is 15.9 Å². The average molecular weight is 221 g/mol. The van der Waals surface area contributed by atoms with Crippen molar-refractivity contribution in [3.8, 4) is 0 Å². The monoisotopic (exact) mass is 220 g/mol. The Balaban J connectivity index is 3.94. The van der Waals surface area contributed by atoms with Gasteiger partial charge in [0.1, 0.15) is 0 Å². The number of esters is 1. The standard InChI is InChI=1S/C8H13BrO2/c1-3-5-7(6-9)8(10)11-4-2/h6H,3-5H2,1-2H3/b7-6+. The van der Waals surface area contributed by atoms with E-state index in [-0.39, 0.29) is 5.97 Å². The summed E-state index contributed by atoms with van der Waals surface area (Å²) < 4.78 is 4.81. The highest BCUT2D eigenvalue weighted by molar-refractivity contribution is 9.11. The van der Waals surface area contributed by atoms with Gasteiger partial charge in [0.2, 0.25) is 0 Å². The number of halogens is 1. The van der Waals surface area contributed by atoms with Gasteiger partial charge in [-0.05, 0) is 18.3 Å². The summed E-state index contributed by atoms with van der Waals surface area (Å²) in [7, 11) is 0. The maximum atomic E-state index is 11.0. The summed E-state index contributed by atoms with van der Waals surface area (Å²) in [6.45, 7) is 4.26. The molecule has 0 saturated heterocycles. The van der Waals surface area contributed by atoms with Crippen molar-refractivity contribution in [3.05, 3.63) is 10.6 Å². The molecule has 0 aromatic heterocycles. The van der Waals surface area contributed by atoms with Crippen LogP contribution in [-0.4, -0.2) is 12.6 Å². The van der Waals surface area contributed by atoms with Gasteiger partial charge >= 0.3 is 5.97 Å². The minimum atomic E-state index is -0.216. The molecule has 0 amide bonds. The van der Waals surface area contributed by atoms with Crippen LogP contribution in [-0.2, 0) is 9.53 Å². The molecular weight excluding hydrogens is 208 g/mol.